The monoisotopic (exact) mass is 448 g/mol. The van der Waals surface area contributed by atoms with Gasteiger partial charge in [-0.2, -0.15) is 0 Å². The molecule has 0 bridgehead atoms. The molecule has 0 saturated carbocycles. The van der Waals surface area contributed by atoms with Crippen LogP contribution in [0.15, 0.2) is 60.8 Å². The van der Waals surface area contributed by atoms with Crippen molar-refractivity contribution in [2.75, 3.05) is 13.1 Å². The van der Waals surface area contributed by atoms with Crippen LogP contribution in [0, 0.1) is 0 Å². The van der Waals surface area contributed by atoms with Crippen LogP contribution in [0.25, 0.3) is 10.9 Å². The Balaban J connectivity index is 1.20. The molecule has 0 spiro atoms. The minimum Gasteiger partial charge on any atom is -0.445 e. The number of unbranched alkanes of at least 4 members (excludes halogenated alkanes) is 1. The Morgan fingerprint density at radius 3 is 2.70 bits per heavy atom. The van der Waals surface area contributed by atoms with Gasteiger partial charge in [0.1, 0.15) is 12.6 Å². The number of carbonyl (C=O) groups is 3. The molecule has 0 radical (unpaired) electrons. The fraction of sp³-hybridized carbons (Fsp3) is 0.320. The molecule has 3 amide bonds. The van der Waals surface area contributed by atoms with Crippen LogP contribution >= 0.6 is 0 Å². The molecule has 1 fully saturated rings. The van der Waals surface area contributed by atoms with Gasteiger partial charge in [-0.1, -0.05) is 48.5 Å². The summed E-state index contributed by atoms with van der Waals surface area (Å²) in [6.45, 7) is 1.12. The van der Waals surface area contributed by atoms with E-state index in [9.17, 15) is 14.4 Å². The Morgan fingerprint density at radius 1 is 1.06 bits per heavy atom. The van der Waals surface area contributed by atoms with E-state index in [0.29, 0.717) is 32.4 Å². The zero-order chi connectivity index (χ0) is 23.0. The molecule has 0 aliphatic carbocycles. The molecule has 3 N–H and O–H groups in total. The Labute approximate surface area is 192 Å². The van der Waals surface area contributed by atoms with E-state index in [-0.39, 0.29) is 25.0 Å². The van der Waals surface area contributed by atoms with E-state index in [0.717, 1.165) is 22.0 Å². The third-order valence-corrected chi connectivity index (χ3v) is 5.72. The molecule has 4 rings (SSSR count). The van der Waals surface area contributed by atoms with Crippen LogP contribution in [0.2, 0.25) is 0 Å². The maximum atomic E-state index is 12.9. The van der Waals surface area contributed by atoms with E-state index in [4.69, 9.17) is 4.74 Å². The number of hydrogen-bond donors (Lipinski definition) is 3. The highest BCUT2D eigenvalue weighted by molar-refractivity contribution is 5.95. The average molecular weight is 449 g/mol. The maximum absolute atomic E-state index is 12.9. The van der Waals surface area contributed by atoms with Crippen LogP contribution in [-0.2, 0) is 27.5 Å². The number of rotatable bonds is 9. The summed E-state index contributed by atoms with van der Waals surface area (Å²) in [4.78, 5) is 41.8. The van der Waals surface area contributed by atoms with Crippen LogP contribution in [0.1, 0.15) is 30.4 Å². The van der Waals surface area contributed by atoms with Gasteiger partial charge < -0.3 is 25.3 Å². The van der Waals surface area contributed by atoms with Crippen LogP contribution in [0.4, 0.5) is 4.79 Å². The first-order chi connectivity index (χ1) is 16.1. The predicted octanol–water partition coefficient (Wildman–Crippen LogP) is 3.09. The lowest BCUT2D eigenvalue weighted by atomic mass is 10.0. The Hall–Kier alpha value is -3.81. The number of aromatic nitrogens is 1. The first-order valence-corrected chi connectivity index (χ1v) is 11.2. The summed E-state index contributed by atoms with van der Waals surface area (Å²) in [7, 11) is 0. The number of H-pyrrole nitrogens is 1. The van der Waals surface area contributed by atoms with Crippen LogP contribution in [-0.4, -0.2) is 46.9 Å². The number of hydrogen-bond acceptors (Lipinski definition) is 4. The summed E-state index contributed by atoms with van der Waals surface area (Å²) < 4.78 is 5.18. The van der Waals surface area contributed by atoms with E-state index in [1.165, 1.54) is 0 Å². The third kappa shape index (κ3) is 5.91. The first kappa shape index (κ1) is 22.4. The number of fused-ring (bicyclic) bond motifs is 1. The predicted molar refractivity (Wildman–Crippen MR) is 124 cm³/mol. The van der Waals surface area contributed by atoms with Gasteiger partial charge in [0.25, 0.3) is 0 Å². The molecule has 2 heterocycles. The summed E-state index contributed by atoms with van der Waals surface area (Å²) in [5, 5.41) is 6.57. The average Bonchev–Trinajstić information content (AvgIpc) is 3.24. The third-order valence-electron chi connectivity index (χ3n) is 5.72. The van der Waals surface area contributed by atoms with Crippen LogP contribution < -0.4 is 10.6 Å². The topological polar surface area (TPSA) is 104 Å². The lowest BCUT2D eigenvalue weighted by molar-refractivity contribution is -0.145. The number of piperazine rings is 1. The maximum Gasteiger partial charge on any atom is 0.407 e. The van der Waals surface area contributed by atoms with Crippen LogP contribution in [0.3, 0.4) is 0 Å². The number of benzene rings is 2. The molecule has 33 heavy (non-hydrogen) atoms. The number of nitrogens with one attached hydrogen (secondary N) is 3. The lowest BCUT2D eigenvalue weighted by Crippen LogP contribution is -2.57. The van der Waals surface area contributed by atoms with Gasteiger partial charge in [-0.05, 0) is 36.5 Å². The second kappa shape index (κ2) is 10.7. The van der Waals surface area contributed by atoms with Gasteiger partial charge in [-0.15, -0.1) is 0 Å². The van der Waals surface area contributed by atoms with E-state index >= 15 is 0 Å². The molecule has 8 heteroatoms. The second-order valence-corrected chi connectivity index (χ2v) is 8.16. The molecule has 1 aromatic heterocycles. The van der Waals surface area contributed by atoms with E-state index in [1.807, 2.05) is 60.8 Å². The van der Waals surface area contributed by atoms with Gasteiger partial charge in [0, 0.05) is 30.2 Å². The standard InChI is InChI=1S/C25H28N4O4/c30-23-16-29(15-19-14-27-21-11-5-4-10-20(19)21)24(31)22(28-23)12-6-7-13-26-25(32)33-17-18-8-2-1-3-9-18/h1-5,8-11,14,22,27H,6-7,12-13,15-17H2,(H,26,32)(H,28,30)/t22-/m1/s1. The van der Waals surface area contributed by atoms with Crippen molar-refractivity contribution < 1.29 is 19.1 Å². The largest absolute Gasteiger partial charge is 0.445 e. The van der Waals surface area contributed by atoms with Crippen molar-refractivity contribution in [1.82, 2.24) is 20.5 Å². The number of para-hydroxylation sites is 1. The van der Waals surface area contributed by atoms with Gasteiger partial charge in [-0.3, -0.25) is 9.59 Å². The SMILES string of the molecule is O=C1CN(Cc2c[nH]c3ccccc23)C(=O)[C@@H](CCCCNC(=O)OCc2ccccc2)N1. The molecule has 8 nitrogen and oxygen atoms in total. The summed E-state index contributed by atoms with van der Waals surface area (Å²) in [6, 6.07) is 16.8. The quantitative estimate of drug-likeness (QED) is 0.438. The molecule has 1 aliphatic rings. The van der Waals surface area contributed by atoms with E-state index in [2.05, 4.69) is 15.6 Å². The zero-order valence-electron chi connectivity index (χ0n) is 18.4. The molecule has 1 aliphatic heterocycles. The number of carbonyl (C=O) groups excluding carboxylic acids is 3. The minimum atomic E-state index is -0.540. The molecule has 2 aromatic carbocycles. The molecule has 0 unspecified atom stereocenters. The highest BCUT2D eigenvalue weighted by Crippen LogP contribution is 2.21. The van der Waals surface area contributed by atoms with Gasteiger partial charge in [-0.25, -0.2) is 4.79 Å². The minimum absolute atomic E-state index is 0.0592. The number of alkyl carbamates (subject to hydrolysis) is 1. The van der Waals surface area contributed by atoms with Crippen LogP contribution in [0.5, 0.6) is 0 Å². The smallest absolute Gasteiger partial charge is 0.407 e. The van der Waals surface area contributed by atoms with Crippen molar-refractivity contribution in [1.29, 1.82) is 0 Å². The summed E-state index contributed by atoms with van der Waals surface area (Å²) in [5.74, 6) is -0.225. The van der Waals surface area contributed by atoms with Crippen molar-refractivity contribution in [3.8, 4) is 0 Å². The molecule has 1 atom stereocenters. The summed E-state index contributed by atoms with van der Waals surface area (Å²) in [5.41, 5.74) is 2.93. The molecule has 1 saturated heterocycles. The Morgan fingerprint density at radius 2 is 1.85 bits per heavy atom. The van der Waals surface area contributed by atoms with E-state index < -0.39 is 12.1 Å². The Kier molecular flexibility index (Phi) is 7.24. The number of nitrogens with zero attached hydrogens (tertiary/aromatic N) is 1. The fourth-order valence-electron chi connectivity index (χ4n) is 4.01. The summed E-state index contributed by atoms with van der Waals surface area (Å²) >= 11 is 0. The molecular weight excluding hydrogens is 420 g/mol. The van der Waals surface area contributed by atoms with Crippen molar-refractivity contribution >= 4 is 28.8 Å². The number of aromatic amines is 1. The second-order valence-electron chi connectivity index (χ2n) is 8.16. The number of amides is 3. The highest BCUT2D eigenvalue weighted by Gasteiger charge is 2.32. The van der Waals surface area contributed by atoms with Crippen molar-refractivity contribution in [2.45, 2.75) is 38.5 Å². The fourth-order valence-corrected chi connectivity index (χ4v) is 4.01. The van der Waals surface area contributed by atoms with Gasteiger partial charge in [0.15, 0.2) is 0 Å². The lowest BCUT2D eigenvalue weighted by Gasteiger charge is -2.32. The Bertz CT molecular complexity index is 1110. The highest BCUT2D eigenvalue weighted by atomic mass is 16.5. The van der Waals surface area contributed by atoms with E-state index in [1.54, 1.807) is 4.90 Å². The van der Waals surface area contributed by atoms with Gasteiger partial charge in [0.05, 0.1) is 6.54 Å². The number of ether oxygens (including phenoxy) is 1. The molecule has 172 valence electrons. The van der Waals surface area contributed by atoms with Gasteiger partial charge >= 0.3 is 6.09 Å². The van der Waals surface area contributed by atoms with Crippen molar-refractivity contribution in [3.05, 3.63) is 71.9 Å². The molecule has 3 aromatic rings. The van der Waals surface area contributed by atoms with Crippen molar-refractivity contribution in [3.63, 3.8) is 0 Å². The summed E-state index contributed by atoms with van der Waals surface area (Å²) in [6.07, 6.45) is 3.32. The van der Waals surface area contributed by atoms with Gasteiger partial charge in [0.2, 0.25) is 11.8 Å². The first-order valence-electron chi connectivity index (χ1n) is 11.2. The normalized spacial score (nSPS) is 16.0. The zero-order valence-corrected chi connectivity index (χ0v) is 18.4. The molecular formula is C25H28N4O4. The van der Waals surface area contributed by atoms with Crippen molar-refractivity contribution in [2.24, 2.45) is 0 Å².